The Balaban J connectivity index is 1.25. The van der Waals surface area contributed by atoms with Gasteiger partial charge in [-0.1, -0.05) is 60.7 Å². The molecule has 0 spiro atoms. The highest BCUT2D eigenvalue weighted by atomic mass is 31.2. The van der Waals surface area contributed by atoms with E-state index in [-0.39, 0.29) is 25.6 Å². The van der Waals surface area contributed by atoms with Crippen molar-refractivity contribution >= 4 is 24.8 Å². The van der Waals surface area contributed by atoms with E-state index in [2.05, 4.69) is 15.0 Å². The molecular weight excluding hydrogens is 549 g/mol. The summed E-state index contributed by atoms with van der Waals surface area (Å²) in [5.74, 6) is -0.647. The zero-order valence-electron chi connectivity index (χ0n) is 23.0. The number of nitrogen functional groups attached to an aromatic ring is 1. The molecule has 2 saturated heterocycles. The van der Waals surface area contributed by atoms with Crippen molar-refractivity contribution in [2.24, 2.45) is 0 Å². The van der Waals surface area contributed by atoms with Gasteiger partial charge in [-0.15, -0.1) is 0 Å². The first-order valence-corrected chi connectivity index (χ1v) is 14.7. The number of rotatable bonds is 10. The number of benzene rings is 2. The van der Waals surface area contributed by atoms with Crippen molar-refractivity contribution in [3.8, 4) is 0 Å². The molecule has 6 rings (SSSR count). The van der Waals surface area contributed by atoms with Gasteiger partial charge in [-0.3, -0.25) is 18.1 Å². The second-order valence-corrected chi connectivity index (χ2v) is 12.3. The maximum atomic E-state index is 14.0. The molecule has 0 aliphatic carbocycles. The lowest BCUT2D eigenvalue weighted by molar-refractivity contribution is -0.221. The number of ether oxygens (including phenoxy) is 3. The van der Waals surface area contributed by atoms with E-state index >= 15 is 0 Å². The lowest BCUT2D eigenvalue weighted by atomic mass is 9.98. The highest BCUT2D eigenvalue weighted by molar-refractivity contribution is 7.48. The molecule has 2 fully saturated rings. The maximum absolute atomic E-state index is 14.0. The molecule has 2 N–H and O–H groups in total. The second kappa shape index (κ2) is 10.9. The minimum atomic E-state index is -4.07. The van der Waals surface area contributed by atoms with Crippen LogP contribution in [0.2, 0.25) is 0 Å². The third-order valence-electron chi connectivity index (χ3n) is 7.04. The fourth-order valence-corrected chi connectivity index (χ4v) is 6.29. The van der Waals surface area contributed by atoms with E-state index in [1.807, 2.05) is 81.4 Å². The molecule has 4 aromatic rings. The number of fused-ring (bicyclic) bond motifs is 2. The average Bonchev–Trinajstić information content (AvgIpc) is 3.62. The monoisotopic (exact) mass is 581 g/mol. The number of aromatic nitrogens is 4. The van der Waals surface area contributed by atoms with Crippen LogP contribution in [0.4, 0.5) is 5.82 Å². The van der Waals surface area contributed by atoms with Crippen molar-refractivity contribution < 1.29 is 32.3 Å². The van der Waals surface area contributed by atoms with Gasteiger partial charge in [0.1, 0.15) is 29.7 Å². The van der Waals surface area contributed by atoms with Gasteiger partial charge in [-0.25, -0.2) is 19.5 Å². The number of hydrogen-bond donors (Lipinski definition) is 1. The molecule has 0 amide bonds. The van der Waals surface area contributed by atoms with Gasteiger partial charge in [0.25, 0.3) is 0 Å². The predicted molar refractivity (Wildman–Crippen MR) is 148 cm³/mol. The van der Waals surface area contributed by atoms with Gasteiger partial charge >= 0.3 is 7.82 Å². The molecule has 216 valence electrons. The molecule has 0 bridgehead atoms. The van der Waals surface area contributed by atoms with Crippen molar-refractivity contribution in [1.82, 2.24) is 19.5 Å². The minimum Gasteiger partial charge on any atom is -0.382 e. The van der Waals surface area contributed by atoms with Crippen LogP contribution in [0, 0.1) is 0 Å². The molecule has 12 nitrogen and oxygen atoms in total. The summed E-state index contributed by atoms with van der Waals surface area (Å²) in [5, 5.41) is 0. The lowest BCUT2D eigenvalue weighted by Crippen LogP contribution is -2.44. The quantitative estimate of drug-likeness (QED) is 0.259. The Hall–Kier alpha value is -3.22. The number of imidazole rings is 1. The van der Waals surface area contributed by atoms with Crippen molar-refractivity contribution in [2.45, 2.75) is 63.8 Å². The highest BCUT2D eigenvalue weighted by Gasteiger charge is 2.62. The summed E-state index contributed by atoms with van der Waals surface area (Å²) >= 11 is 0. The smallest absolute Gasteiger partial charge is 0.382 e. The summed E-state index contributed by atoms with van der Waals surface area (Å²) in [6, 6.07) is 18.8. The van der Waals surface area contributed by atoms with Crippen LogP contribution >= 0.6 is 7.82 Å². The zero-order chi connectivity index (χ0) is 28.7. The number of hydrogen-bond acceptors (Lipinski definition) is 11. The van der Waals surface area contributed by atoms with E-state index < -0.39 is 37.6 Å². The van der Waals surface area contributed by atoms with Crippen LogP contribution in [0.1, 0.15) is 38.1 Å². The molecule has 2 unspecified atom stereocenters. The van der Waals surface area contributed by atoms with Gasteiger partial charge in [0, 0.05) is 0 Å². The van der Waals surface area contributed by atoms with Crippen LogP contribution in [0.5, 0.6) is 0 Å². The van der Waals surface area contributed by atoms with Crippen LogP contribution in [0.25, 0.3) is 11.2 Å². The van der Waals surface area contributed by atoms with Gasteiger partial charge in [0.2, 0.25) is 0 Å². The summed E-state index contributed by atoms with van der Waals surface area (Å²) in [5.41, 5.74) is 7.48. The minimum absolute atomic E-state index is 0.0357. The van der Waals surface area contributed by atoms with E-state index in [4.69, 9.17) is 33.5 Å². The van der Waals surface area contributed by atoms with Gasteiger partial charge in [0.05, 0.1) is 26.1 Å². The van der Waals surface area contributed by atoms with Gasteiger partial charge in [0.15, 0.2) is 23.5 Å². The Morgan fingerprint density at radius 2 is 1.51 bits per heavy atom. The van der Waals surface area contributed by atoms with E-state index in [0.29, 0.717) is 11.2 Å². The summed E-state index contributed by atoms with van der Waals surface area (Å²) in [4.78, 5) is 12.7. The van der Waals surface area contributed by atoms with Gasteiger partial charge < -0.3 is 19.9 Å². The Labute approximate surface area is 237 Å². The van der Waals surface area contributed by atoms with Crippen LogP contribution in [0.3, 0.4) is 0 Å². The third-order valence-corrected chi connectivity index (χ3v) is 8.37. The van der Waals surface area contributed by atoms with Crippen molar-refractivity contribution in [3.05, 3.63) is 84.4 Å². The molecule has 4 heterocycles. The summed E-state index contributed by atoms with van der Waals surface area (Å²) in [7, 11) is -4.07. The predicted octanol–water partition coefficient (Wildman–Crippen LogP) is 4.77. The number of nitrogens with two attached hydrogens (primary N) is 1. The number of phosphoric ester groups is 1. The fraction of sp³-hybridized carbons (Fsp3) is 0.393. The molecule has 2 aromatic carbocycles. The molecule has 0 saturated carbocycles. The van der Waals surface area contributed by atoms with E-state index in [1.165, 1.54) is 6.33 Å². The molecule has 2 aromatic heterocycles. The molecule has 2 aliphatic heterocycles. The Kier molecular flexibility index (Phi) is 7.41. The first-order chi connectivity index (χ1) is 19.6. The summed E-state index contributed by atoms with van der Waals surface area (Å²) < 4.78 is 52.4. The molecule has 41 heavy (non-hydrogen) atoms. The number of nitrogens with zero attached hydrogens (tertiary/aromatic N) is 4. The topological polar surface area (TPSA) is 142 Å². The fourth-order valence-electron chi connectivity index (χ4n) is 5.04. The van der Waals surface area contributed by atoms with Crippen LogP contribution in [0.15, 0.2) is 73.3 Å². The zero-order valence-corrected chi connectivity index (χ0v) is 23.8. The Bertz CT molecular complexity index is 1510. The van der Waals surface area contributed by atoms with Crippen LogP contribution < -0.4 is 5.73 Å². The third kappa shape index (κ3) is 5.77. The molecule has 0 radical (unpaired) electrons. The van der Waals surface area contributed by atoms with Crippen molar-refractivity contribution in [2.75, 3.05) is 12.3 Å². The van der Waals surface area contributed by atoms with E-state index in [9.17, 15) is 4.57 Å². The van der Waals surface area contributed by atoms with E-state index in [1.54, 1.807) is 10.9 Å². The van der Waals surface area contributed by atoms with Crippen molar-refractivity contribution in [3.63, 3.8) is 0 Å². The SMILES string of the molecule is CC1(C)OC2C(O1)[C@@](C)(COP(=O)(OCc1ccccc1)OCc1ccccc1)O[C@H]2n1cnc2c(N)ncnc21. The van der Waals surface area contributed by atoms with Crippen LogP contribution in [-0.4, -0.2) is 49.7 Å². The standard InChI is InChI=1S/C28H32N5O7P/c1-27(2)38-22-23(39-27)28(3,40-26(22)33-18-32-21-24(29)30-17-31-25(21)33)16-37-41(34,35-14-19-10-6-4-7-11-19)36-15-20-12-8-5-9-13-20/h4-13,17-18,22-23,26H,14-16H2,1-3H3,(H2,29,30,31)/t22?,23?,26-,28-/m1/s1. The molecule has 4 atom stereocenters. The molecular formula is C28H32N5O7P. The Morgan fingerprint density at radius 1 is 0.878 bits per heavy atom. The second-order valence-electron chi connectivity index (χ2n) is 10.7. The highest BCUT2D eigenvalue weighted by Crippen LogP contribution is 2.54. The van der Waals surface area contributed by atoms with Gasteiger partial charge in [-0.2, -0.15) is 0 Å². The molecule has 13 heteroatoms. The number of phosphoric acid groups is 1. The van der Waals surface area contributed by atoms with Crippen molar-refractivity contribution in [1.29, 1.82) is 0 Å². The summed E-state index contributed by atoms with van der Waals surface area (Å²) in [6.07, 6.45) is 1.11. The number of anilines is 1. The average molecular weight is 582 g/mol. The normalized spacial score (nSPS) is 25.5. The lowest BCUT2D eigenvalue weighted by Gasteiger charge is -2.32. The summed E-state index contributed by atoms with van der Waals surface area (Å²) in [6.45, 7) is 5.37. The maximum Gasteiger partial charge on any atom is 0.475 e. The Morgan fingerprint density at radius 3 is 2.15 bits per heavy atom. The van der Waals surface area contributed by atoms with Gasteiger partial charge in [-0.05, 0) is 31.9 Å². The molecule has 2 aliphatic rings. The largest absolute Gasteiger partial charge is 0.475 e. The van der Waals surface area contributed by atoms with Crippen LogP contribution in [-0.2, 0) is 45.6 Å². The first kappa shape index (κ1) is 27.9. The first-order valence-electron chi connectivity index (χ1n) is 13.2. The van der Waals surface area contributed by atoms with E-state index in [0.717, 1.165) is 11.1 Å².